The first-order chi connectivity index (χ1) is 26.1. The Morgan fingerprint density at radius 3 is 1.34 bits per heavy atom. The van der Waals surface area contributed by atoms with E-state index in [9.17, 15) is 0 Å². The van der Waals surface area contributed by atoms with E-state index in [-0.39, 0.29) is 0 Å². The van der Waals surface area contributed by atoms with Gasteiger partial charge in [-0.2, -0.15) is 0 Å². The van der Waals surface area contributed by atoms with Crippen molar-refractivity contribution in [2.75, 3.05) is 0 Å². The predicted molar refractivity (Wildman–Crippen MR) is 227 cm³/mol. The molecule has 0 radical (unpaired) electrons. The summed E-state index contributed by atoms with van der Waals surface area (Å²) in [5.74, 6) is 0. The highest BCUT2D eigenvalue weighted by Crippen LogP contribution is 2.45. The van der Waals surface area contributed by atoms with Crippen LogP contribution in [0.15, 0.2) is 188 Å². The summed E-state index contributed by atoms with van der Waals surface area (Å²) >= 11 is 0. The minimum absolute atomic E-state index is 1.18. The first-order valence-electron chi connectivity index (χ1n) is 18.4. The second kappa shape index (κ2) is 12.5. The van der Waals surface area contributed by atoms with Crippen LogP contribution in [0.1, 0.15) is 11.1 Å². The lowest BCUT2D eigenvalue weighted by Crippen LogP contribution is -1.93. The van der Waals surface area contributed by atoms with Crippen LogP contribution in [-0.4, -0.2) is 4.57 Å². The summed E-state index contributed by atoms with van der Waals surface area (Å²) in [6.07, 6.45) is 0. The van der Waals surface area contributed by atoms with E-state index in [4.69, 9.17) is 0 Å². The Morgan fingerprint density at radius 1 is 0.283 bits per heavy atom. The summed E-state index contributed by atoms with van der Waals surface area (Å²) in [7, 11) is 0. The molecule has 0 aliphatic rings. The molecular weight excluding hydrogens is 639 g/mol. The largest absolute Gasteiger partial charge is 0.309 e. The zero-order chi connectivity index (χ0) is 35.5. The van der Waals surface area contributed by atoms with Crippen LogP contribution >= 0.6 is 0 Å². The molecule has 9 aromatic carbocycles. The summed E-state index contributed by atoms with van der Waals surface area (Å²) in [6.45, 7) is 4.40. The van der Waals surface area contributed by atoms with Gasteiger partial charge < -0.3 is 4.57 Å². The Bertz CT molecular complexity index is 2970. The van der Waals surface area contributed by atoms with Crippen molar-refractivity contribution in [2.45, 2.75) is 13.8 Å². The summed E-state index contributed by atoms with van der Waals surface area (Å²) in [5.41, 5.74) is 16.1. The summed E-state index contributed by atoms with van der Waals surface area (Å²) in [5, 5.41) is 7.66. The number of para-hydroxylation sites is 2. The number of aromatic nitrogens is 1. The van der Waals surface area contributed by atoms with E-state index >= 15 is 0 Å². The maximum Gasteiger partial charge on any atom is 0.0541 e. The molecule has 10 aromatic rings. The van der Waals surface area contributed by atoms with Crippen LogP contribution in [0.4, 0.5) is 0 Å². The summed E-state index contributed by atoms with van der Waals surface area (Å²) < 4.78 is 2.37. The Balaban J connectivity index is 1.11. The van der Waals surface area contributed by atoms with Crippen molar-refractivity contribution in [2.24, 2.45) is 0 Å². The van der Waals surface area contributed by atoms with E-state index < -0.39 is 0 Å². The first kappa shape index (κ1) is 31.1. The van der Waals surface area contributed by atoms with Gasteiger partial charge in [0.25, 0.3) is 0 Å². The number of rotatable bonds is 5. The number of benzene rings is 9. The predicted octanol–water partition coefficient (Wildman–Crippen LogP) is 14.4. The molecule has 0 N–H and O–H groups in total. The Labute approximate surface area is 310 Å². The third-order valence-electron chi connectivity index (χ3n) is 10.9. The molecule has 250 valence electrons. The van der Waals surface area contributed by atoms with Crippen molar-refractivity contribution < 1.29 is 0 Å². The Kier molecular flexibility index (Phi) is 7.33. The van der Waals surface area contributed by atoms with Crippen molar-refractivity contribution in [3.05, 3.63) is 199 Å². The molecule has 0 atom stereocenters. The molecule has 10 rings (SSSR count). The van der Waals surface area contributed by atoms with Gasteiger partial charge >= 0.3 is 0 Å². The molecule has 1 nitrogen and oxygen atoms in total. The third kappa shape index (κ3) is 5.24. The maximum absolute atomic E-state index is 2.37. The smallest absolute Gasteiger partial charge is 0.0541 e. The van der Waals surface area contributed by atoms with Gasteiger partial charge in [0.2, 0.25) is 0 Å². The zero-order valence-electron chi connectivity index (χ0n) is 29.8. The SMILES string of the molecule is Cc1ccc2c(-c3ccc(-c4ccc5c(c4)c4ccccc4n5-c4ccccc4)cc3)c3cc(C)ccc3c(-c3ccc(-c4ccccc4)cc3)c2c1. The highest BCUT2D eigenvalue weighted by Gasteiger charge is 2.18. The standard InChI is InChI=1S/C52H37N/c1-34-18-29-45-47(31-34)51(39-23-19-37(20-24-39)36-11-5-3-6-12-36)44-28-17-35(2)32-48(44)52(45)40-25-21-38(22-26-40)41-27-30-50-46(33-41)43-15-9-10-16-49(43)53(50)42-13-7-4-8-14-42/h3-33H,1-2H3. The van der Waals surface area contributed by atoms with Gasteiger partial charge in [-0.3, -0.25) is 0 Å². The molecule has 53 heavy (non-hydrogen) atoms. The van der Waals surface area contributed by atoms with E-state index in [1.165, 1.54) is 105 Å². The van der Waals surface area contributed by atoms with Gasteiger partial charge in [-0.1, -0.05) is 169 Å². The van der Waals surface area contributed by atoms with Crippen molar-refractivity contribution in [1.82, 2.24) is 4.57 Å². The van der Waals surface area contributed by atoms with Crippen LogP contribution in [0.25, 0.3) is 93.5 Å². The number of hydrogen-bond acceptors (Lipinski definition) is 0. The van der Waals surface area contributed by atoms with Gasteiger partial charge in [-0.05, 0) is 110 Å². The Morgan fingerprint density at radius 2 is 0.736 bits per heavy atom. The maximum atomic E-state index is 2.37. The lowest BCUT2D eigenvalue weighted by atomic mass is 9.84. The summed E-state index contributed by atoms with van der Waals surface area (Å²) in [6, 6.07) is 69.2. The number of hydrogen-bond donors (Lipinski definition) is 0. The van der Waals surface area contributed by atoms with E-state index in [1.54, 1.807) is 0 Å². The van der Waals surface area contributed by atoms with E-state index in [0.29, 0.717) is 0 Å². The van der Waals surface area contributed by atoms with E-state index in [2.05, 4.69) is 206 Å². The molecule has 0 unspecified atom stereocenters. The minimum atomic E-state index is 1.18. The van der Waals surface area contributed by atoms with Gasteiger partial charge in [0, 0.05) is 16.5 Å². The molecule has 1 heteroatoms. The van der Waals surface area contributed by atoms with E-state index in [1.807, 2.05) is 0 Å². The lowest BCUT2D eigenvalue weighted by molar-refractivity contribution is 1.18. The monoisotopic (exact) mass is 675 g/mol. The zero-order valence-corrected chi connectivity index (χ0v) is 29.8. The van der Waals surface area contributed by atoms with E-state index in [0.717, 1.165) is 0 Å². The first-order valence-corrected chi connectivity index (χ1v) is 18.4. The molecule has 1 aromatic heterocycles. The summed E-state index contributed by atoms with van der Waals surface area (Å²) in [4.78, 5) is 0. The fraction of sp³-hybridized carbons (Fsp3) is 0.0385. The van der Waals surface area contributed by atoms with Gasteiger partial charge in [0.1, 0.15) is 0 Å². The number of aryl methyl sites for hydroxylation is 2. The molecule has 0 amide bonds. The minimum Gasteiger partial charge on any atom is -0.309 e. The quantitative estimate of drug-likeness (QED) is 0.160. The van der Waals surface area contributed by atoms with Crippen LogP contribution in [-0.2, 0) is 0 Å². The highest BCUT2D eigenvalue weighted by molar-refractivity contribution is 6.21. The molecule has 0 bridgehead atoms. The highest BCUT2D eigenvalue weighted by atomic mass is 15.0. The second-order valence-electron chi connectivity index (χ2n) is 14.3. The molecule has 0 saturated carbocycles. The molecule has 0 aliphatic carbocycles. The van der Waals surface area contributed by atoms with Gasteiger partial charge in [0.15, 0.2) is 0 Å². The Hall–Kier alpha value is -6.70. The van der Waals surface area contributed by atoms with Crippen LogP contribution in [0, 0.1) is 13.8 Å². The third-order valence-corrected chi connectivity index (χ3v) is 10.9. The second-order valence-corrected chi connectivity index (χ2v) is 14.3. The lowest BCUT2D eigenvalue weighted by Gasteiger charge is -2.19. The molecule has 0 spiro atoms. The average molecular weight is 676 g/mol. The molecule has 0 saturated heterocycles. The van der Waals surface area contributed by atoms with Gasteiger partial charge in [-0.15, -0.1) is 0 Å². The fourth-order valence-corrected chi connectivity index (χ4v) is 8.38. The fourth-order valence-electron chi connectivity index (χ4n) is 8.38. The van der Waals surface area contributed by atoms with Crippen molar-refractivity contribution in [1.29, 1.82) is 0 Å². The topological polar surface area (TPSA) is 4.93 Å². The molecule has 1 heterocycles. The van der Waals surface area contributed by atoms with Crippen LogP contribution < -0.4 is 0 Å². The van der Waals surface area contributed by atoms with Crippen LogP contribution in [0.5, 0.6) is 0 Å². The molecule has 0 aliphatic heterocycles. The molecule has 0 fully saturated rings. The van der Waals surface area contributed by atoms with Crippen molar-refractivity contribution in [3.8, 4) is 50.2 Å². The van der Waals surface area contributed by atoms with Gasteiger partial charge in [0.05, 0.1) is 11.0 Å². The molecular formula is C52H37N. The van der Waals surface area contributed by atoms with Crippen molar-refractivity contribution in [3.63, 3.8) is 0 Å². The van der Waals surface area contributed by atoms with Gasteiger partial charge in [-0.25, -0.2) is 0 Å². The normalized spacial score (nSPS) is 11.6. The number of fused-ring (bicyclic) bond motifs is 5. The average Bonchev–Trinajstić information content (AvgIpc) is 3.54. The van der Waals surface area contributed by atoms with Crippen molar-refractivity contribution >= 4 is 43.4 Å². The van der Waals surface area contributed by atoms with Crippen LogP contribution in [0.2, 0.25) is 0 Å². The van der Waals surface area contributed by atoms with Crippen LogP contribution in [0.3, 0.4) is 0 Å². The number of nitrogens with zero attached hydrogens (tertiary/aromatic N) is 1.